The molecule has 1 aliphatic heterocycles. The Labute approximate surface area is 229 Å². The third kappa shape index (κ3) is 4.58. The van der Waals surface area contributed by atoms with Crippen molar-refractivity contribution in [1.82, 2.24) is 39.8 Å². The number of aliphatic hydroxyl groups is 1. The predicted octanol–water partition coefficient (Wildman–Crippen LogP) is 4.65. The van der Waals surface area contributed by atoms with Gasteiger partial charge in [-0.15, -0.1) is 5.10 Å². The molecule has 1 unspecified atom stereocenters. The van der Waals surface area contributed by atoms with Crippen molar-refractivity contribution in [2.75, 3.05) is 11.9 Å². The van der Waals surface area contributed by atoms with E-state index in [2.05, 4.69) is 30.9 Å². The second-order valence-corrected chi connectivity index (χ2v) is 9.93. The molecule has 0 aliphatic carbocycles. The number of alkyl halides is 2. The summed E-state index contributed by atoms with van der Waals surface area (Å²) < 4.78 is 33.2. The number of benzene rings is 1. The Morgan fingerprint density at radius 1 is 1.15 bits per heavy atom. The standard InChI is InChI=1S/C28H29F2N9O/c1-4-28(29,30)26-20-14-31-12-11-22(20)39(37-26)27-19(17(3)40)7-10-25(34-27)38-15-32-21-13-18(6-8-23(21)38)33-24-9-5-16(2)35-36-24/h5-10,13,15,17,31,40H,4,11-12,14H2,1-3H3,(H,33,36). The van der Waals surface area contributed by atoms with Crippen molar-refractivity contribution in [3.05, 3.63) is 77.0 Å². The highest BCUT2D eigenvalue weighted by Crippen LogP contribution is 2.37. The summed E-state index contributed by atoms with van der Waals surface area (Å²) in [6, 6.07) is 13.0. The number of hydrogen-bond donors (Lipinski definition) is 3. The van der Waals surface area contributed by atoms with Crippen LogP contribution in [0.1, 0.15) is 54.6 Å². The van der Waals surface area contributed by atoms with Crippen LogP contribution in [-0.2, 0) is 18.9 Å². The first-order valence-corrected chi connectivity index (χ1v) is 13.2. The summed E-state index contributed by atoms with van der Waals surface area (Å²) in [5.41, 5.74) is 4.58. The van der Waals surface area contributed by atoms with Crippen LogP contribution in [0.3, 0.4) is 0 Å². The first kappa shape index (κ1) is 26.0. The second kappa shape index (κ2) is 10.0. The molecule has 6 rings (SSSR count). The maximum Gasteiger partial charge on any atom is 0.291 e. The molecular formula is C28H29F2N9O. The molecule has 12 heteroatoms. The molecule has 0 fully saturated rings. The van der Waals surface area contributed by atoms with E-state index in [1.807, 2.05) is 41.8 Å². The minimum Gasteiger partial charge on any atom is -0.389 e. The average molecular weight is 546 g/mol. The van der Waals surface area contributed by atoms with Crippen molar-refractivity contribution in [1.29, 1.82) is 0 Å². The average Bonchev–Trinajstić information content (AvgIpc) is 3.56. The van der Waals surface area contributed by atoms with E-state index in [0.717, 1.165) is 22.4 Å². The molecule has 10 nitrogen and oxygen atoms in total. The zero-order valence-corrected chi connectivity index (χ0v) is 22.4. The first-order valence-electron chi connectivity index (χ1n) is 13.2. The second-order valence-electron chi connectivity index (χ2n) is 9.93. The van der Waals surface area contributed by atoms with Gasteiger partial charge in [0.25, 0.3) is 5.92 Å². The number of aromatic nitrogens is 7. The van der Waals surface area contributed by atoms with Gasteiger partial charge in [0.2, 0.25) is 0 Å². The van der Waals surface area contributed by atoms with Gasteiger partial charge in [-0.25, -0.2) is 14.6 Å². The Morgan fingerprint density at radius 2 is 2.00 bits per heavy atom. The minimum atomic E-state index is -3.08. The smallest absolute Gasteiger partial charge is 0.291 e. The number of anilines is 2. The summed E-state index contributed by atoms with van der Waals surface area (Å²) in [6.07, 6.45) is 0.934. The molecule has 0 saturated carbocycles. The molecule has 0 radical (unpaired) electrons. The number of imidazole rings is 1. The van der Waals surface area contributed by atoms with Gasteiger partial charge < -0.3 is 15.7 Å². The van der Waals surface area contributed by atoms with Crippen LogP contribution in [0.5, 0.6) is 0 Å². The van der Waals surface area contributed by atoms with Crippen molar-refractivity contribution >= 4 is 22.5 Å². The highest BCUT2D eigenvalue weighted by molar-refractivity contribution is 5.82. The lowest BCUT2D eigenvalue weighted by atomic mass is 10.0. The van der Waals surface area contributed by atoms with Crippen LogP contribution in [0.2, 0.25) is 0 Å². The van der Waals surface area contributed by atoms with Gasteiger partial charge in [0.1, 0.15) is 17.8 Å². The van der Waals surface area contributed by atoms with Crippen LogP contribution in [-0.4, -0.2) is 46.2 Å². The van der Waals surface area contributed by atoms with Crippen molar-refractivity contribution < 1.29 is 13.9 Å². The molecule has 0 amide bonds. The van der Waals surface area contributed by atoms with E-state index in [1.54, 1.807) is 25.4 Å². The number of pyridine rings is 1. The number of fused-ring (bicyclic) bond motifs is 2. The van der Waals surface area contributed by atoms with Crippen LogP contribution in [0.25, 0.3) is 22.7 Å². The van der Waals surface area contributed by atoms with Crippen molar-refractivity contribution in [2.45, 2.75) is 52.2 Å². The Kier molecular flexibility index (Phi) is 6.51. The van der Waals surface area contributed by atoms with Crippen LogP contribution in [0.15, 0.2) is 48.8 Å². The van der Waals surface area contributed by atoms with Gasteiger partial charge in [0.05, 0.1) is 28.5 Å². The summed E-state index contributed by atoms with van der Waals surface area (Å²) in [5, 5.41) is 29.6. The summed E-state index contributed by atoms with van der Waals surface area (Å²) in [7, 11) is 0. The van der Waals surface area contributed by atoms with Crippen LogP contribution >= 0.6 is 0 Å². The number of aliphatic hydroxyl groups excluding tert-OH is 1. The number of nitrogens with one attached hydrogen (secondary N) is 2. The number of nitrogens with zero attached hydrogens (tertiary/aromatic N) is 7. The Morgan fingerprint density at radius 3 is 2.75 bits per heavy atom. The van der Waals surface area contributed by atoms with Crippen LogP contribution in [0, 0.1) is 6.92 Å². The van der Waals surface area contributed by atoms with Crippen LogP contribution in [0.4, 0.5) is 20.3 Å². The number of rotatable bonds is 7. The fourth-order valence-electron chi connectivity index (χ4n) is 4.95. The lowest BCUT2D eigenvalue weighted by Gasteiger charge is -2.19. The van der Waals surface area contributed by atoms with E-state index < -0.39 is 12.0 Å². The molecule has 5 aromatic rings. The molecule has 0 bridgehead atoms. The van der Waals surface area contributed by atoms with Gasteiger partial charge in [-0.2, -0.15) is 19.0 Å². The van der Waals surface area contributed by atoms with Crippen molar-refractivity contribution in [3.63, 3.8) is 0 Å². The molecule has 1 aromatic carbocycles. The van der Waals surface area contributed by atoms with E-state index in [4.69, 9.17) is 4.98 Å². The minimum absolute atomic E-state index is 0.243. The lowest BCUT2D eigenvalue weighted by molar-refractivity contribution is -0.0141. The first-order chi connectivity index (χ1) is 19.2. The summed E-state index contributed by atoms with van der Waals surface area (Å²) in [6.45, 7) is 5.89. The fourth-order valence-corrected chi connectivity index (χ4v) is 4.95. The predicted molar refractivity (Wildman–Crippen MR) is 146 cm³/mol. The molecule has 4 aromatic heterocycles. The third-order valence-corrected chi connectivity index (χ3v) is 7.13. The molecule has 0 spiro atoms. The molecular weight excluding hydrogens is 516 g/mol. The van der Waals surface area contributed by atoms with Gasteiger partial charge in [-0.1, -0.05) is 6.92 Å². The Balaban J connectivity index is 1.43. The van der Waals surface area contributed by atoms with Crippen molar-refractivity contribution in [2.24, 2.45) is 0 Å². The van der Waals surface area contributed by atoms with E-state index in [0.29, 0.717) is 53.8 Å². The monoisotopic (exact) mass is 545 g/mol. The molecule has 206 valence electrons. The van der Waals surface area contributed by atoms with Crippen LogP contribution < -0.4 is 10.6 Å². The molecule has 1 atom stereocenters. The SMILES string of the molecule is CCC(F)(F)c1nn(-c2nc(-n3cnc4cc(Nc5ccc(C)nn5)ccc43)ccc2C(C)O)c2c1CNCC2. The zero-order chi connectivity index (χ0) is 28.0. The highest BCUT2D eigenvalue weighted by Gasteiger charge is 2.38. The number of hydrogen-bond acceptors (Lipinski definition) is 8. The maximum atomic E-state index is 14.9. The zero-order valence-electron chi connectivity index (χ0n) is 22.4. The number of halogens is 2. The quantitative estimate of drug-likeness (QED) is 0.271. The lowest BCUT2D eigenvalue weighted by Crippen LogP contribution is -2.26. The number of aryl methyl sites for hydroxylation is 1. The normalized spacial score (nSPS) is 14.3. The third-order valence-electron chi connectivity index (χ3n) is 7.13. The molecule has 3 N–H and O–H groups in total. The molecule has 5 heterocycles. The van der Waals surface area contributed by atoms with Gasteiger partial charge in [0.15, 0.2) is 11.6 Å². The Hall–Kier alpha value is -4.29. The maximum absolute atomic E-state index is 14.9. The van der Waals surface area contributed by atoms with Gasteiger partial charge in [0, 0.05) is 42.7 Å². The highest BCUT2D eigenvalue weighted by atomic mass is 19.3. The van der Waals surface area contributed by atoms with Gasteiger partial charge >= 0.3 is 0 Å². The summed E-state index contributed by atoms with van der Waals surface area (Å²) >= 11 is 0. The van der Waals surface area contributed by atoms with E-state index in [-0.39, 0.29) is 12.1 Å². The fraction of sp³-hybridized carbons (Fsp3) is 0.321. The van der Waals surface area contributed by atoms with Gasteiger partial charge in [-0.3, -0.25) is 4.57 Å². The topological polar surface area (TPSA) is 119 Å². The Bertz CT molecular complexity index is 1690. The van der Waals surface area contributed by atoms with Gasteiger partial charge in [-0.05, 0) is 56.3 Å². The largest absolute Gasteiger partial charge is 0.389 e. The van der Waals surface area contributed by atoms with E-state index in [1.165, 1.54) is 11.6 Å². The van der Waals surface area contributed by atoms with Crippen molar-refractivity contribution in [3.8, 4) is 11.6 Å². The van der Waals surface area contributed by atoms with E-state index in [9.17, 15) is 13.9 Å². The molecule has 0 saturated heterocycles. The summed E-state index contributed by atoms with van der Waals surface area (Å²) in [4.78, 5) is 9.41. The van der Waals surface area contributed by atoms with E-state index >= 15 is 0 Å². The summed E-state index contributed by atoms with van der Waals surface area (Å²) in [5.74, 6) is -1.61. The molecule has 40 heavy (non-hydrogen) atoms. The molecule has 1 aliphatic rings.